The number of esters is 1. The highest BCUT2D eigenvalue weighted by Gasteiger charge is 2.59. The van der Waals surface area contributed by atoms with E-state index < -0.39 is 5.92 Å². The van der Waals surface area contributed by atoms with Crippen LogP contribution in [-0.4, -0.2) is 62.1 Å². The first-order valence-corrected chi connectivity index (χ1v) is 20.3. The Labute approximate surface area is 331 Å². The van der Waals surface area contributed by atoms with Crippen molar-refractivity contribution in [3.63, 3.8) is 0 Å². The summed E-state index contributed by atoms with van der Waals surface area (Å²) in [6, 6.07) is 0. The summed E-state index contributed by atoms with van der Waals surface area (Å²) in [6.45, 7) is 18.4. The molecule has 9 atom stereocenters. The number of carbonyl (C=O) groups excluding carboxylic acids is 2. The highest BCUT2D eigenvalue weighted by molar-refractivity contribution is 5.97. The molecule has 8 unspecified atom stereocenters. The lowest BCUT2D eigenvalue weighted by Crippen LogP contribution is -2.53. The molecule has 5 N–H and O–H groups in total. The Bertz CT molecular complexity index is 1080. The number of amides is 1. The van der Waals surface area contributed by atoms with Crippen LogP contribution < -0.4 is 16.8 Å². The van der Waals surface area contributed by atoms with Gasteiger partial charge in [-0.25, -0.2) is 0 Å². The fourth-order valence-corrected chi connectivity index (χ4v) is 10.5. The molecule has 0 saturated heterocycles. The Balaban J connectivity index is 0.00000433. The minimum absolute atomic E-state index is 0. The number of nitrogens with two attached hydrogens (primary N) is 2. The number of nitrogens with one attached hydrogen (secondary N) is 1. The van der Waals surface area contributed by atoms with E-state index in [2.05, 4.69) is 46.0 Å². The van der Waals surface area contributed by atoms with E-state index in [4.69, 9.17) is 16.2 Å². The lowest BCUT2D eigenvalue weighted by atomic mass is 9.45. The highest BCUT2D eigenvalue weighted by atomic mass is 35.5. The summed E-state index contributed by atoms with van der Waals surface area (Å²) in [5.41, 5.74) is 13.7. The van der Waals surface area contributed by atoms with E-state index in [0.29, 0.717) is 43.4 Å². The number of halogens is 3. The molecule has 0 radical (unpaired) electrons. The molecule has 1 amide bonds. The summed E-state index contributed by atoms with van der Waals surface area (Å²) >= 11 is 0. The third kappa shape index (κ3) is 12.2. The van der Waals surface area contributed by atoms with Gasteiger partial charge in [0.1, 0.15) is 12.0 Å². The van der Waals surface area contributed by atoms with Crippen LogP contribution in [0.1, 0.15) is 138 Å². The van der Waals surface area contributed by atoms with Crippen LogP contribution in [0.2, 0.25) is 0 Å². The monoisotopic (exact) mass is 779 g/mol. The van der Waals surface area contributed by atoms with Gasteiger partial charge in [-0.3, -0.25) is 9.59 Å². The van der Waals surface area contributed by atoms with Gasteiger partial charge in [0.2, 0.25) is 5.91 Å². The maximum Gasteiger partial charge on any atom is 0.318 e. The highest BCUT2D eigenvalue weighted by Crippen LogP contribution is 2.67. The lowest BCUT2D eigenvalue weighted by molar-refractivity contribution is -0.161. The molecule has 4 aliphatic carbocycles. The van der Waals surface area contributed by atoms with Crippen molar-refractivity contribution in [3.05, 3.63) is 11.6 Å². The van der Waals surface area contributed by atoms with Gasteiger partial charge in [-0.2, -0.15) is 0 Å². The van der Waals surface area contributed by atoms with E-state index >= 15 is 0 Å². The molecule has 0 aromatic carbocycles. The van der Waals surface area contributed by atoms with Crippen molar-refractivity contribution in [1.82, 2.24) is 10.2 Å². The molecule has 0 heterocycles. The molecule has 0 aromatic heterocycles. The molecule has 10 heteroatoms. The smallest absolute Gasteiger partial charge is 0.318 e. The number of hydrogen-bond donors (Lipinski definition) is 3. The van der Waals surface area contributed by atoms with Crippen LogP contribution in [0.15, 0.2) is 11.6 Å². The van der Waals surface area contributed by atoms with Crippen LogP contribution in [0.3, 0.4) is 0 Å². The molecule has 3 fully saturated rings. The Morgan fingerprint density at radius 2 is 1.55 bits per heavy atom. The summed E-state index contributed by atoms with van der Waals surface area (Å²) < 4.78 is 6.24. The van der Waals surface area contributed by atoms with Gasteiger partial charge in [-0.15, -0.1) is 37.2 Å². The number of unbranched alkanes of at least 4 members (excludes halogenated alkanes) is 1. The van der Waals surface area contributed by atoms with E-state index in [1.807, 2.05) is 4.90 Å². The van der Waals surface area contributed by atoms with Crippen molar-refractivity contribution in [3.8, 4) is 0 Å². The zero-order valence-electron chi connectivity index (χ0n) is 33.1. The average Bonchev–Trinajstić information content (AvgIpc) is 3.46. The first-order chi connectivity index (χ1) is 22.9. The number of ether oxygens (including phenoxy) is 1. The van der Waals surface area contributed by atoms with Crippen molar-refractivity contribution in [2.24, 2.45) is 63.7 Å². The summed E-state index contributed by atoms with van der Waals surface area (Å²) in [6.07, 6.45) is 19.8. The second-order valence-corrected chi connectivity index (χ2v) is 17.5. The molecular formula is C41H77Cl3N4O3. The van der Waals surface area contributed by atoms with Crippen molar-refractivity contribution in [2.45, 2.75) is 144 Å². The zero-order chi connectivity index (χ0) is 34.9. The summed E-state index contributed by atoms with van der Waals surface area (Å²) in [5, 5.41) is 3.41. The first kappa shape index (κ1) is 48.4. The quantitative estimate of drug-likeness (QED) is 0.0524. The SMILES string of the molecule is CC(C)CCC[C@@H](C)C1C=C2CC(OC(=O)C(C)C(=O)N(CCCN)CCCCNCCCN)CCC2(C)C2CCC3(C)CCCC3C12.Cl.Cl.Cl. The minimum atomic E-state index is -0.796. The van der Waals surface area contributed by atoms with Crippen LogP contribution in [0.4, 0.5) is 0 Å². The Kier molecular flexibility index (Phi) is 21.6. The largest absolute Gasteiger partial charge is 0.461 e. The summed E-state index contributed by atoms with van der Waals surface area (Å²) in [5.74, 6) is 3.14. The van der Waals surface area contributed by atoms with Crippen LogP contribution in [0.5, 0.6) is 0 Å². The summed E-state index contributed by atoms with van der Waals surface area (Å²) in [7, 11) is 0. The molecular weight excluding hydrogens is 703 g/mol. The second-order valence-electron chi connectivity index (χ2n) is 17.5. The van der Waals surface area contributed by atoms with Crippen molar-refractivity contribution in [2.75, 3.05) is 39.3 Å². The Hall–Kier alpha value is -0.570. The molecule has 0 aliphatic heterocycles. The van der Waals surface area contributed by atoms with E-state index in [1.165, 1.54) is 51.4 Å². The van der Waals surface area contributed by atoms with Crippen molar-refractivity contribution < 1.29 is 14.3 Å². The van der Waals surface area contributed by atoms with Gasteiger partial charge in [0, 0.05) is 19.5 Å². The molecule has 3 saturated carbocycles. The van der Waals surface area contributed by atoms with Crippen molar-refractivity contribution >= 4 is 49.1 Å². The Morgan fingerprint density at radius 1 is 0.863 bits per heavy atom. The van der Waals surface area contributed by atoms with Gasteiger partial charge in [0.15, 0.2) is 0 Å². The molecule has 51 heavy (non-hydrogen) atoms. The zero-order valence-corrected chi connectivity index (χ0v) is 35.5. The van der Waals surface area contributed by atoms with Gasteiger partial charge < -0.3 is 26.4 Å². The number of nitrogens with zero attached hydrogens (tertiary/aromatic N) is 1. The molecule has 0 spiro atoms. The van der Waals surface area contributed by atoms with Crippen LogP contribution >= 0.6 is 37.2 Å². The van der Waals surface area contributed by atoms with Crippen LogP contribution in [0, 0.1) is 52.3 Å². The van der Waals surface area contributed by atoms with E-state index in [0.717, 1.165) is 81.7 Å². The standard InChI is InChI=1S/C41H74N4O3.3ClH/c1-29(2)13-9-14-30(3)34-28-32-27-33(16-20-41(32,6)36-17-19-40(5)18-10-15-35(40)37(34)36)48-39(47)31(4)38(46)45(26-12-22-43)25-8-7-23-44-24-11-21-42;;;/h28-31,33-37,44H,7-27,42-43H2,1-6H3;3*1H/t30-,31?,33?,34?,35?,36?,37?,40?,41?;;;/m1.../s1. The molecule has 0 aromatic rings. The first-order valence-electron chi connectivity index (χ1n) is 20.3. The number of fused-ring (bicyclic) bond motifs is 5. The number of carbonyl (C=O) groups is 2. The average molecular weight is 780 g/mol. The van der Waals surface area contributed by atoms with Crippen LogP contribution in [-0.2, 0) is 14.3 Å². The molecule has 7 nitrogen and oxygen atoms in total. The fraction of sp³-hybridized carbons (Fsp3) is 0.902. The lowest BCUT2D eigenvalue weighted by Gasteiger charge is -2.60. The van der Waals surface area contributed by atoms with Gasteiger partial charge in [0.05, 0.1) is 0 Å². The predicted molar refractivity (Wildman–Crippen MR) is 220 cm³/mol. The van der Waals surface area contributed by atoms with Crippen LogP contribution in [0.25, 0.3) is 0 Å². The third-order valence-corrected chi connectivity index (χ3v) is 13.6. The van der Waals surface area contributed by atoms with Gasteiger partial charge in [0.25, 0.3) is 0 Å². The third-order valence-electron chi connectivity index (χ3n) is 13.6. The second kappa shape index (κ2) is 22.7. The molecule has 4 rings (SSSR count). The van der Waals surface area contributed by atoms with E-state index in [-0.39, 0.29) is 60.6 Å². The molecule has 0 bridgehead atoms. The predicted octanol–water partition coefficient (Wildman–Crippen LogP) is 8.74. The maximum absolute atomic E-state index is 13.6. The normalized spacial score (nSPS) is 30.6. The molecule has 4 aliphatic rings. The minimum Gasteiger partial charge on any atom is -0.461 e. The van der Waals surface area contributed by atoms with Gasteiger partial charge in [-0.05, 0) is 144 Å². The summed E-state index contributed by atoms with van der Waals surface area (Å²) in [4.78, 5) is 29.0. The topological polar surface area (TPSA) is 111 Å². The van der Waals surface area contributed by atoms with E-state index in [1.54, 1.807) is 12.5 Å². The Morgan fingerprint density at radius 3 is 2.24 bits per heavy atom. The molecule has 300 valence electrons. The maximum atomic E-state index is 13.6. The number of allylic oxidation sites excluding steroid dienone is 1. The fourth-order valence-electron chi connectivity index (χ4n) is 10.5. The number of hydrogen-bond acceptors (Lipinski definition) is 6. The van der Waals surface area contributed by atoms with E-state index in [9.17, 15) is 9.59 Å². The number of rotatable bonds is 19. The van der Waals surface area contributed by atoms with Gasteiger partial charge >= 0.3 is 5.97 Å². The van der Waals surface area contributed by atoms with Gasteiger partial charge in [-0.1, -0.05) is 72.0 Å². The van der Waals surface area contributed by atoms with Crippen molar-refractivity contribution in [1.29, 1.82) is 0 Å².